The monoisotopic (exact) mass is 326 g/mol. The molecular weight excluding hydrogens is 312 g/mol. The van der Waals surface area contributed by atoms with Gasteiger partial charge in [0.05, 0.1) is 5.39 Å². The summed E-state index contributed by atoms with van der Waals surface area (Å²) in [6.07, 6.45) is 2.66. The third-order valence-electron chi connectivity index (χ3n) is 4.19. The van der Waals surface area contributed by atoms with Crippen molar-refractivity contribution in [3.63, 3.8) is 0 Å². The normalized spacial score (nSPS) is 13.3. The first-order valence-electron chi connectivity index (χ1n) is 7.66. The summed E-state index contributed by atoms with van der Waals surface area (Å²) in [5.74, 6) is 1.52. The quantitative estimate of drug-likeness (QED) is 0.710. The van der Waals surface area contributed by atoms with E-state index in [1.54, 1.807) is 12.1 Å². The highest BCUT2D eigenvalue weighted by molar-refractivity contribution is 6.30. The Hall–Kier alpha value is -2.26. The van der Waals surface area contributed by atoms with Crippen LogP contribution in [-0.4, -0.2) is 0 Å². The van der Waals surface area contributed by atoms with E-state index in [2.05, 4.69) is 0 Å². The fraction of sp³-hybridized carbons (Fsp3) is 0.211. The second kappa shape index (κ2) is 5.74. The second-order valence-corrected chi connectivity index (χ2v) is 6.20. The maximum absolute atomic E-state index is 12.4. The van der Waals surface area contributed by atoms with Gasteiger partial charge in [0.1, 0.15) is 23.7 Å². The molecule has 1 aromatic heterocycles. The van der Waals surface area contributed by atoms with Gasteiger partial charge in [-0.2, -0.15) is 0 Å². The molecular formula is C19H15ClO3. The van der Waals surface area contributed by atoms with Crippen LogP contribution in [0.15, 0.2) is 51.7 Å². The van der Waals surface area contributed by atoms with Crippen molar-refractivity contribution in [2.75, 3.05) is 0 Å². The third kappa shape index (κ3) is 2.73. The van der Waals surface area contributed by atoms with Gasteiger partial charge >= 0.3 is 0 Å². The Kier molecular flexibility index (Phi) is 3.58. The summed E-state index contributed by atoms with van der Waals surface area (Å²) >= 11 is 5.87. The van der Waals surface area contributed by atoms with E-state index in [9.17, 15) is 4.79 Å². The van der Waals surface area contributed by atoms with Crippen molar-refractivity contribution in [1.82, 2.24) is 0 Å². The van der Waals surface area contributed by atoms with Gasteiger partial charge in [0.25, 0.3) is 0 Å². The number of ether oxygens (including phenoxy) is 1. The molecule has 1 aliphatic rings. The molecule has 0 spiro atoms. The Balaban J connectivity index is 1.63. The highest BCUT2D eigenvalue weighted by Crippen LogP contribution is 2.26. The summed E-state index contributed by atoms with van der Waals surface area (Å²) in [6, 6.07) is 12.9. The summed E-state index contributed by atoms with van der Waals surface area (Å²) in [5, 5.41) is 1.33. The molecule has 0 N–H and O–H groups in total. The molecule has 23 heavy (non-hydrogen) atoms. The molecule has 0 unspecified atom stereocenters. The van der Waals surface area contributed by atoms with Crippen molar-refractivity contribution >= 4 is 22.6 Å². The van der Waals surface area contributed by atoms with Gasteiger partial charge in [-0.05, 0) is 42.7 Å². The predicted octanol–water partition coefficient (Wildman–Crippen LogP) is 4.51. The lowest BCUT2D eigenvalue weighted by molar-refractivity contribution is 0.306. The minimum absolute atomic E-state index is 0.100. The Morgan fingerprint density at radius 3 is 2.74 bits per heavy atom. The van der Waals surface area contributed by atoms with Crippen LogP contribution in [0.5, 0.6) is 5.75 Å². The summed E-state index contributed by atoms with van der Waals surface area (Å²) in [7, 11) is 0. The predicted molar refractivity (Wildman–Crippen MR) is 90.3 cm³/mol. The molecule has 3 aromatic rings. The van der Waals surface area contributed by atoms with E-state index in [0.717, 1.165) is 36.1 Å². The van der Waals surface area contributed by atoms with Crippen LogP contribution in [0.3, 0.4) is 0 Å². The maximum Gasteiger partial charge on any atom is 0.196 e. The van der Waals surface area contributed by atoms with Crippen LogP contribution in [0.1, 0.15) is 23.3 Å². The zero-order valence-electron chi connectivity index (χ0n) is 12.5. The van der Waals surface area contributed by atoms with Crippen LogP contribution in [0.25, 0.3) is 11.0 Å². The zero-order valence-corrected chi connectivity index (χ0v) is 13.2. The van der Waals surface area contributed by atoms with E-state index in [1.807, 2.05) is 30.3 Å². The van der Waals surface area contributed by atoms with E-state index in [4.69, 9.17) is 20.8 Å². The highest BCUT2D eigenvalue weighted by Gasteiger charge is 2.19. The first-order valence-corrected chi connectivity index (χ1v) is 8.04. The van der Waals surface area contributed by atoms with Crippen molar-refractivity contribution in [3.05, 3.63) is 74.6 Å². The number of aryl methyl sites for hydroxylation is 1. The number of benzene rings is 2. The Morgan fingerprint density at radius 2 is 1.91 bits per heavy atom. The van der Waals surface area contributed by atoms with E-state index in [-0.39, 0.29) is 5.43 Å². The Bertz CT molecular complexity index is 926. The lowest BCUT2D eigenvalue weighted by atomic mass is 10.1. The fourth-order valence-electron chi connectivity index (χ4n) is 2.98. The van der Waals surface area contributed by atoms with E-state index >= 15 is 0 Å². The number of fused-ring (bicyclic) bond motifs is 2. The highest BCUT2D eigenvalue weighted by atomic mass is 35.5. The molecule has 0 aliphatic heterocycles. The van der Waals surface area contributed by atoms with Crippen molar-refractivity contribution in [2.24, 2.45) is 0 Å². The summed E-state index contributed by atoms with van der Waals surface area (Å²) in [6.45, 7) is 0.442. The lowest BCUT2D eigenvalue weighted by Gasteiger charge is -2.08. The third-order valence-corrected chi connectivity index (χ3v) is 4.44. The van der Waals surface area contributed by atoms with Gasteiger partial charge in [-0.15, -0.1) is 0 Å². The van der Waals surface area contributed by atoms with E-state index < -0.39 is 0 Å². The molecule has 4 rings (SSSR count). The lowest BCUT2D eigenvalue weighted by Crippen LogP contribution is -2.08. The van der Waals surface area contributed by atoms with Gasteiger partial charge in [-0.25, -0.2) is 0 Å². The molecule has 0 saturated carbocycles. The molecule has 4 heteroatoms. The number of rotatable bonds is 3. The molecule has 1 aliphatic carbocycles. The van der Waals surface area contributed by atoms with Gasteiger partial charge in [-0.1, -0.05) is 23.7 Å². The Morgan fingerprint density at radius 1 is 1.09 bits per heavy atom. The van der Waals surface area contributed by atoms with Crippen LogP contribution >= 0.6 is 11.6 Å². The van der Waals surface area contributed by atoms with Gasteiger partial charge in [0.15, 0.2) is 5.43 Å². The summed E-state index contributed by atoms with van der Waals surface area (Å²) in [4.78, 5) is 12.4. The molecule has 0 fully saturated rings. The Labute approximate surface area is 138 Å². The van der Waals surface area contributed by atoms with Crippen LogP contribution in [0.2, 0.25) is 5.02 Å². The molecule has 0 saturated heterocycles. The average molecular weight is 327 g/mol. The topological polar surface area (TPSA) is 39.4 Å². The summed E-state index contributed by atoms with van der Waals surface area (Å²) in [5.41, 5.74) is 2.57. The molecule has 116 valence electrons. The molecule has 0 atom stereocenters. The maximum atomic E-state index is 12.4. The average Bonchev–Trinajstić information content (AvgIpc) is 3.03. The van der Waals surface area contributed by atoms with Crippen molar-refractivity contribution in [2.45, 2.75) is 25.9 Å². The van der Waals surface area contributed by atoms with Gasteiger partial charge in [-0.3, -0.25) is 4.79 Å². The molecule has 1 heterocycles. The number of halogens is 1. The molecule has 0 radical (unpaired) electrons. The van der Waals surface area contributed by atoms with Gasteiger partial charge in [0, 0.05) is 23.1 Å². The molecule has 0 amide bonds. The van der Waals surface area contributed by atoms with Crippen LogP contribution in [0.4, 0.5) is 0 Å². The van der Waals surface area contributed by atoms with E-state index in [1.165, 1.54) is 0 Å². The molecule has 2 aromatic carbocycles. The van der Waals surface area contributed by atoms with Crippen molar-refractivity contribution < 1.29 is 9.15 Å². The number of hydrogen-bond donors (Lipinski definition) is 0. The van der Waals surface area contributed by atoms with Crippen molar-refractivity contribution in [1.29, 1.82) is 0 Å². The largest absolute Gasteiger partial charge is 0.489 e. The minimum atomic E-state index is 0.100. The van der Waals surface area contributed by atoms with Gasteiger partial charge < -0.3 is 9.15 Å². The summed E-state index contributed by atoms with van der Waals surface area (Å²) < 4.78 is 11.7. The minimum Gasteiger partial charge on any atom is -0.489 e. The molecule has 3 nitrogen and oxygen atoms in total. The standard InChI is InChI=1S/C19H15ClO3/c20-13-6-4-12(5-7-13)11-22-14-8-9-16-18(10-14)23-17-3-1-2-15(17)19(16)21/h4-10H,1-3,11H2. The van der Waals surface area contributed by atoms with Crippen LogP contribution in [-0.2, 0) is 19.4 Å². The smallest absolute Gasteiger partial charge is 0.196 e. The van der Waals surface area contributed by atoms with Crippen LogP contribution in [0, 0.1) is 0 Å². The fourth-order valence-corrected chi connectivity index (χ4v) is 3.10. The second-order valence-electron chi connectivity index (χ2n) is 5.76. The first kappa shape index (κ1) is 14.3. The SMILES string of the molecule is O=c1c2c(oc3cc(OCc4ccc(Cl)cc4)ccc13)CCC2. The van der Waals surface area contributed by atoms with Crippen LogP contribution < -0.4 is 10.2 Å². The van der Waals surface area contributed by atoms with Gasteiger partial charge in [0.2, 0.25) is 0 Å². The molecule has 0 bridgehead atoms. The zero-order chi connectivity index (χ0) is 15.8. The van der Waals surface area contributed by atoms with E-state index in [0.29, 0.717) is 28.3 Å². The van der Waals surface area contributed by atoms with Crippen molar-refractivity contribution in [3.8, 4) is 5.75 Å². The number of hydrogen-bond acceptors (Lipinski definition) is 3. The first-order chi connectivity index (χ1) is 11.2.